The van der Waals surface area contributed by atoms with Crippen LogP contribution in [-0.4, -0.2) is 48.0 Å². The molecule has 130 valence electrons. The molecule has 1 saturated heterocycles. The Morgan fingerprint density at radius 3 is 2.33 bits per heavy atom. The van der Waals surface area contributed by atoms with Crippen LogP contribution in [0.15, 0.2) is 24.3 Å². The number of ether oxygens (including phenoxy) is 2. The van der Waals surface area contributed by atoms with Gasteiger partial charge in [0.2, 0.25) is 0 Å². The molecule has 1 heterocycles. The second kappa shape index (κ2) is 7.03. The maximum Gasteiger partial charge on any atom is 0.410 e. The highest BCUT2D eigenvalue weighted by Crippen LogP contribution is 2.25. The van der Waals surface area contributed by atoms with E-state index in [1.165, 1.54) is 12.0 Å². The molecule has 1 aromatic carbocycles. The Balaban J connectivity index is 2.26. The number of Topliss-reactive ketones (excluding diaryl/α,β-unsaturated/α-hetero) is 1. The molecule has 24 heavy (non-hydrogen) atoms. The lowest BCUT2D eigenvalue weighted by atomic mass is 9.97. The molecule has 2 rings (SSSR count). The molecule has 0 spiro atoms. The van der Waals surface area contributed by atoms with Crippen LogP contribution in [0.5, 0.6) is 0 Å². The van der Waals surface area contributed by atoms with E-state index in [2.05, 4.69) is 0 Å². The number of amides is 1. The lowest BCUT2D eigenvalue weighted by molar-refractivity contribution is 0.0222. The summed E-state index contributed by atoms with van der Waals surface area (Å²) in [6, 6.07) is 5.87. The van der Waals surface area contributed by atoms with Crippen molar-refractivity contribution >= 4 is 17.8 Å². The monoisotopic (exact) mass is 333 g/mol. The van der Waals surface area contributed by atoms with Crippen molar-refractivity contribution in [2.24, 2.45) is 0 Å². The van der Waals surface area contributed by atoms with Gasteiger partial charge in [-0.3, -0.25) is 9.69 Å². The van der Waals surface area contributed by atoms with E-state index in [0.717, 1.165) is 6.42 Å². The predicted octanol–water partition coefficient (Wildman–Crippen LogP) is 3.06. The van der Waals surface area contributed by atoms with Gasteiger partial charge in [-0.15, -0.1) is 0 Å². The van der Waals surface area contributed by atoms with Crippen molar-refractivity contribution in [1.29, 1.82) is 0 Å². The molecule has 0 aromatic heterocycles. The van der Waals surface area contributed by atoms with Crippen molar-refractivity contribution in [1.82, 2.24) is 4.90 Å². The van der Waals surface area contributed by atoms with E-state index < -0.39 is 23.7 Å². The molecule has 0 bridgehead atoms. The fourth-order valence-electron chi connectivity index (χ4n) is 2.74. The van der Waals surface area contributed by atoms with Crippen LogP contribution in [0.4, 0.5) is 4.79 Å². The van der Waals surface area contributed by atoms with Crippen molar-refractivity contribution in [3.8, 4) is 0 Å². The number of nitrogens with zero attached hydrogens (tertiary/aromatic N) is 1. The zero-order valence-electron chi connectivity index (χ0n) is 14.5. The summed E-state index contributed by atoms with van der Waals surface area (Å²) >= 11 is 0. The van der Waals surface area contributed by atoms with E-state index in [9.17, 15) is 14.4 Å². The number of ketones is 1. The van der Waals surface area contributed by atoms with Gasteiger partial charge < -0.3 is 9.47 Å². The Kier molecular flexibility index (Phi) is 5.26. The van der Waals surface area contributed by atoms with E-state index in [-0.39, 0.29) is 16.9 Å². The number of rotatable bonds is 3. The van der Waals surface area contributed by atoms with Gasteiger partial charge in [0.15, 0.2) is 5.78 Å². The third-order valence-electron chi connectivity index (χ3n) is 3.78. The number of methoxy groups -OCH3 is 1. The fraction of sp³-hybridized carbons (Fsp3) is 0.500. The first kappa shape index (κ1) is 18.0. The molecule has 1 unspecified atom stereocenters. The SMILES string of the molecule is COC(=O)c1ccccc1C(=O)C1CCCN1C(=O)OC(C)(C)C. The van der Waals surface area contributed by atoms with E-state index in [1.807, 2.05) is 0 Å². The summed E-state index contributed by atoms with van der Waals surface area (Å²) in [4.78, 5) is 38.6. The lowest BCUT2D eigenvalue weighted by Crippen LogP contribution is -2.43. The molecule has 1 amide bonds. The van der Waals surface area contributed by atoms with Gasteiger partial charge in [0.05, 0.1) is 18.7 Å². The number of carbonyl (C=O) groups excluding carboxylic acids is 3. The minimum absolute atomic E-state index is 0.209. The van der Waals surface area contributed by atoms with E-state index in [0.29, 0.717) is 13.0 Å². The van der Waals surface area contributed by atoms with Gasteiger partial charge in [-0.05, 0) is 39.7 Å². The Hall–Kier alpha value is -2.37. The van der Waals surface area contributed by atoms with Gasteiger partial charge in [-0.1, -0.05) is 18.2 Å². The minimum Gasteiger partial charge on any atom is -0.465 e. The van der Waals surface area contributed by atoms with Crippen LogP contribution >= 0.6 is 0 Å². The smallest absolute Gasteiger partial charge is 0.410 e. The van der Waals surface area contributed by atoms with Crippen LogP contribution in [-0.2, 0) is 9.47 Å². The maximum atomic E-state index is 12.9. The molecule has 6 nitrogen and oxygen atoms in total. The Morgan fingerprint density at radius 2 is 1.75 bits per heavy atom. The second-order valence-corrected chi connectivity index (χ2v) is 6.73. The molecule has 6 heteroatoms. The second-order valence-electron chi connectivity index (χ2n) is 6.73. The van der Waals surface area contributed by atoms with Gasteiger partial charge in [-0.25, -0.2) is 9.59 Å². The van der Waals surface area contributed by atoms with Gasteiger partial charge in [0.25, 0.3) is 0 Å². The molecule has 0 N–H and O–H groups in total. The Bertz CT molecular complexity index is 647. The van der Waals surface area contributed by atoms with E-state index >= 15 is 0 Å². The summed E-state index contributed by atoms with van der Waals surface area (Å²) in [5.41, 5.74) is -0.150. The van der Waals surface area contributed by atoms with Crippen LogP contribution in [0.1, 0.15) is 54.3 Å². The van der Waals surface area contributed by atoms with Gasteiger partial charge in [0, 0.05) is 12.1 Å². The highest BCUT2D eigenvalue weighted by molar-refractivity contribution is 6.09. The Labute approximate surface area is 141 Å². The van der Waals surface area contributed by atoms with Crippen molar-refractivity contribution in [3.63, 3.8) is 0 Å². The van der Waals surface area contributed by atoms with Gasteiger partial charge >= 0.3 is 12.1 Å². The van der Waals surface area contributed by atoms with Crippen molar-refractivity contribution < 1.29 is 23.9 Å². The topological polar surface area (TPSA) is 72.9 Å². The molecular weight excluding hydrogens is 310 g/mol. The molecule has 0 saturated carbocycles. The molecule has 1 fully saturated rings. The van der Waals surface area contributed by atoms with Crippen LogP contribution in [0, 0.1) is 0 Å². The van der Waals surface area contributed by atoms with Crippen molar-refractivity contribution in [2.45, 2.75) is 45.3 Å². The first-order valence-corrected chi connectivity index (χ1v) is 7.96. The summed E-state index contributed by atoms with van der Waals surface area (Å²) in [6.45, 7) is 5.81. The zero-order valence-corrected chi connectivity index (χ0v) is 14.5. The quantitative estimate of drug-likeness (QED) is 0.628. The normalized spacial score (nSPS) is 17.5. The standard InChI is InChI=1S/C18H23NO5/c1-18(2,3)24-17(22)19-11-7-10-14(19)15(20)12-8-5-6-9-13(12)16(21)23-4/h5-6,8-9,14H,7,10-11H2,1-4H3. The number of benzene rings is 1. The van der Waals surface area contributed by atoms with Crippen LogP contribution in [0.25, 0.3) is 0 Å². The van der Waals surface area contributed by atoms with Crippen LogP contribution in [0.3, 0.4) is 0 Å². The molecule has 1 aliphatic rings. The number of hydrogen-bond acceptors (Lipinski definition) is 5. The fourth-order valence-corrected chi connectivity index (χ4v) is 2.74. The first-order chi connectivity index (χ1) is 11.2. The van der Waals surface area contributed by atoms with E-state index in [1.54, 1.807) is 45.0 Å². The summed E-state index contributed by atoms with van der Waals surface area (Å²) in [7, 11) is 1.27. The maximum absolute atomic E-state index is 12.9. The summed E-state index contributed by atoms with van der Waals surface area (Å²) in [5, 5.41) is 0. The van der Waals surface area contributed by atoms with Crippen LogP contribution < -0.4 is 0 Å². The largest absolute Gasteiger partial charge is 0.465 e. The van der Waals surface area contributed by atoms with Gasteiger partial charge in [0.1, 0.15) is 5.60 Å². The average Bonchev–Trinajstić information content (AvgIpc) is 3.01. The molecule has 1 aromatic rings. The first-order valence-electron chi connectivity index (χ1n) is 7.96. The highest BCUT2D eigenvalue weighted by Gasteiger charge is 2.38. The highest BCUT2D eigenvalue weighted by atomic mass is 16.6. The Morgan fingerprint density at radius 1 is 1.12 bits per heavy atom. The predicted molar refractivity (Wildman–Crippen MR) is 88.1 cm³/mol. The third kappa shape index (κ3) is 3.93. The van der Waals surface area contributed by atoms with Crippen molar-refractivity contribution in [3.05, 3.63) is 35.4 Å². The zero-order chi connectivity index (χ0) is 17.9. The van der Waals surface area contributed by atoms with Crippen molar-refractivity contribution in [2.75, 3.05) is 13.7 Å². The molecule has 0 radical (unpaired) electrons. The molecular formula is C18H23NO5. The van der Waals surface area contributed by atoms with Gasteiger partial charge in [-0.2, -0.15) is 0 Å². The van der Waals surface area contributed by atoms with Crippen LogP contribution in [0.2, 0.25) is 0 Å². The number of carbonyl (C=O) groups is 3. The minimum atomic E-state index is -0.628. The summed E-state index contributed by atoms with van der Waals surface area (Å²) in [6.07, 6.45) is 0.762. The number of likely N-dealkylation sites (tertiary alicyclic amines) is 1. The van der Waals surface area contributed by atoms with E-state index in [4.69, 9.17) is 9.47 Å². The number of esters is 1. The summed E-state index contributed by atoms with van der Waals surface area (Å²) in [5.74, 6) is -0.833. The number of hydrogen-bond donors (Lipinski definition) is 0. The molecule has 1 aliphatic heterocycles. The molecule has 0 aliphatic carbocycles. The average molecular weight is 333 g/mol. The third-order valence-corrected chi connectivity index (χ3v) is 3.78. The lowest BCUT2D eigenvalue weighted by Gasteiger charge is -2.28. The summed E-state index contributed by atoms with van der Waals surface area (Å²) < 4.78 is 10.1. The molecule has 1 atom stereocenters.